The third-order valence-corrected chi connectivity index (χ3v) is 7.33. The Labute approximate surface area is 202 Å². The number of carbonyl (C=O) groups is 1. The van der Waals surface area contributed by atoms with Gasteiger partial charge in [-0.05, 0) is 41.8 Å². The molecule has 0 aromatic heterocycles. The number of carboxylic acid groups (broad SMARTS) is 1. The van der Waals surface area contributed by atoms with E-state index in [4.69, 9.17) is 9.47 Å². The number of benzene rings is 3. The van der Waals surface area contributed by atoms with E-state index in [1.807, 2.05) is 0 Å². The van der Waals surface area contributed by atoms with Gasteiger partial charge >= 0.3 is 6.09 Å². The molecule has 4 atom stereocenters. The van der Waals surface area contributed by atoms with Crippen molar-refractivity contribution in [1.82, 2.24) is 5.32 Å². The van der Waals surface area contributed by atoms with Gasteiger partial charge in [0.25, 0.3) is 0 Å². The first kappa shape index (κ1) is 22.5. The maximum Gasteiger partial charge on any atom is 0.404 e. The Bertz CT molecular complexity index is 1280. The Morgan fingerprint density at radius 1 is 1.21 bits per heavy atom. The SMILES string of the molecule is COc1cc(O)c2c(c1)OC1(c3ccc(Br)cc3)C(c3cccc(F)c3)CC(NC(=O)O)C21O. The lowest BCUT2D eigenvalue weighted by atomic mass is 9.71. The Hall–Kier alpha value is -3.30. The fourth-order valence-electron chi connectivity index (χ4n) is 5.52. The van der Waals surface area contributed by atoms with E-state index >= 15 is 0 Å². The fourth-order valence-corrected chi connectivity index (χ4v) is 5.79. The minimum Gasteiger partial charge on any atom is -0.507 e. The number of hydrogen-bond acceptors (Lipinski definition) is 5. The van der Waals surface area contributed by atoms with Crippen LogP contribution in [0.3, 0.4) is 0 Å². The molecule has 1 heterocycles. The van der Waals surface area contributed by atoms with Crippen LogP contribution in [0, 0.1) is 5.82 Å². The smallest absolute Gasteiger partial charge is 0.404 e. The van der Waals surface area contributed by atoms with Gasteiger partial charge in [-0.15, -0.1) is 0 Å². The Balaban J connectivity index is 1.84. The zero-order chi connectivity index (χ0) is 24.3. The largest absolute Gasteiger partial charge is 0.507 e. The lowest BCUT2D eigenvalue weighted by Crippen LogP contribution is -2.56. The highest BCUT2D eigenvalue weighted by Gasteiger charge is 2.74. The van der Waals surface area contributed by atoms with Crippen molar-refractivity contribution < 1.29 is 34.0 Å². The average Bonchev–Trinajstić information content (AvgIpc) is 3.19. The summed E-state index contributed by atoms with van der Waals surface area (Å²) < 4.78 is 26.9. The zero-order valence-corrected chi connectivity index (χ0v) is 19.5. The highest BCUT2D eigenvalue weighted by molar-refractivity contribution is 9.10. The zero-order valence-electron chi connectivity index (χ0n) is 18.0. The molecule has 0 bridgehead atoms. The summed E-state index contributed by atoms with van der Waals surface area (Å²) in [4.78, 5) is 11.8. The summed E-state index contributed by atoms with van der Waals surface area (Å²) >= 11 is 3.41. The number of nitrogens with one attached hydrogen (secondary N) is 1. The standard InChI is InChI=1S/C25H21BrFNO6/c1-33-17-10-19(29)22-20(11-17)34-25(14-5-7-15(26)8-6-14)18(13-3-2-4-16(27)9-13)12-21(24(22,25)32)28-23(30)31/h2-11,18,21,28-29,32H,12H2,1H3,(H,30,31). The van der Waals surface area contributed by atoms with E-state index in [2.05, 4.69) is 21.2 Å². The number of phenols is 1. The quantitative estimate of drug-likeness (QED) is 0.393. The molecule has 7 nitrogen and oxygen atoms in total. The first-order valence-corrected chi connectivity index (χ1v) is 11.3. The Morgan fingerprint density at radius 2 is 1.94 bits per heavy atom. The number of halogens is 2. The van der Waals surface area contributed by atoms with Crippen LogP contribution in [-0.2, 0) is 11.2 Å². The van der Waals surface area contributed by atoms with Crippen molar-refractivity contribution in [3.05, 3.63) is 87.6 Å². The molecule has 4 unspecified atom stereocenters. The number of aliphatic hydroxyl groups is 1. The lowest BCUT2D eigenvalue weighted by molar-refractivity contribution is -0.116. The van der Waals surface area contributed by atoms with E-state index < -0.39 is 35.1 Å². The van der Waals surface area contributed by atoms with Crippen LogP contribution in [0.2, 0.25) is 0 Å². The minimum atomic E-state index is -2.03. The molecule has 1 aliphatic heterocycles. The maximum atomic E-state index is 14.3. The second-order valence-electron chi connectivity index (χ2n) is 8.48. The van der Waals surface area contributed by atoms with Crippen molar-refractivity contribution in [3.8, 4) is 17.2 Å². The molecule has 0 radical (unpaired) electrons. The van der Waals surface area contributed by atoms with Crippen LogP contribution in [0.5, 0.6) is 17.2 Å². The van der Waals surface area contributed by atoms with Crippen LogP contribution in [0.1, 0.15) is 29.0 Å². The molecule has 34 heavy (non-hydrogen) atoms. The van der Waals surface area contributed by atoms with Crippen molar-refractivity contribution in [2.45, 2.75) is 29.6 Å². The van der Waals surface area contributed by atoms with Crippen LogP contribution in [0.25, 0.3) is 0 Å². The molecule has 4 N–H and O–H groups in total. The van der Waals surface area contributed by atoms with Crippen LogP contribution in [0.15, 0.2) is 65.1 Å². The highest BCUT2D eigenvalue weighted by atomic mass is 79.9. The van der Waals surface area contributed by atoms with Crippen molar-refractivity contribution in [2.75, 3.05) is 7.11 Å². The van der Waals surface area contributed by atoms with Gasteiger partial charge in [0.1, 0.15) is 23.1 Å². The van der Waals surface area contributed by atoms with Gasteiger partial charge in [0, 0.05) is 22.5 Å². The Kier molecular flexibility index (Phi) is 5.22. The maximum absolute atomic E-state index is 14.3. The Morgan fingerprint density at radius 3 is 2.59 bits per heavy atom. The summed E-state index contributed by atoms with van der Waals surface area (Å²) in [5.74, 6) is -0.991. The van der Waals surface area contributed by atoms with E-state index in [9.17, 15) is 24.5 Å². The van der Waals surface area contributed by atoms with Crippen LogP contribution in [-0.4, -0.2) is 34.6 Å². The topological polar surface area (TPSA) is 108 Å². The summed E-state index contributed by atoms with van der Waals surface area (Å²) in [5, 5.41) is 35.4. The van der Waals surface area contributed by atoms with Crippen molar-refractivity contribution >= 4 is 22.0 Å². The van der Waals surface area contributed by atoms with Gasteiger partial charge in [-0.1, -0.05) is 40.2 Å². The molecule has 3 aromatic rings. The van der Waals surface area contributed by atoms with Gasteiger partial charge in [0.2, 0.25) is 0 Å². The second-order valence-corrected chi connectivity index (χ2v) is 9.39. The number of aromatic hydroxyl groups is 1. The van der Waals surface area contributed by atoms with Crippen LogP contribution < -0.4 is 14.8 Å². The van der Waals surface area contributed by atoms with Crippen molar-refractivity contribution in [2.24, 2.45) is 0 Å². The number of fused-ring (bicyclic) bond motifs is 3. The van der Waals surface area contributed by atoms with E-state index in [1.54, 1.807) is 36.4 Å². The molecule has 5 rings (SSSR count). The van der Waals surface area contributed by atoms with Gasteiger partial charge in [0.15, 0.2) is 11.2 Å². The van der Waals surface area contributed by atoms with Crippen molar-refractivity contribution in [1.29, 1.82) is 0 Å². The average molecular weight is 530 g/mol. The number of methoxy groups -OCH3 is 1. The molecule has 1 saturated carbocycles. The molecule has 9 heteroatoms. The van der Waals surface area contributed by atoms with Gasteiger partial charge < -0.3 is 30.1 Å². The van der Waals surface area contributed by atoms with Gasteiger partial charge in [0.05, 0.1) is 18.7 Å². The molecule has 176 valence electrons. The number of hydrogen-bond donors (Lipinski definition) is 4. The lowest BCUT2D eigenvalue weighted by Gasteiger charge is -2.41. The van der Waals surface area contributed by atoms with E-state index in [-0.39, 0.29) is 23.5 Å². The van der Waals surface area contributed by atoms with Gasteiger partial charge in [-0.3, -0.25) is 0 Å². The summed E-state index contributed by atoms with van der Waals surface area (Å²) in [7, 11) is 1.43. The number of amides is 1. The third-order valence-electron chi connectivity index (χ3n) is 6.80. The first-order chi connectivity index (χ1) is 16.2. The monoisotopic (exact) mass is 529 g/mol. The van der Waals surface area contributed by atoms with Crippen LogP contribution in [0.4, 0.5) is 9.18 Å². The molecule has 1 aliphatic carbocycles. The van der Waals surface area contributed by atoms with Crippen LogP contribution >= 0.6 is 15.9 Å². The highest BCUT2D eigenvalue weighted by Crippen LogP contribution is 2.68. The normalized spacial score (nSPS) is 26.9. The summed E-state index contributed by atoms with van der Waals surface area (Å²) in [6.07, 6.45) is -1.25. The van der Waals surface area contributed by atoms with E-state index in [0.29, 0.717) is 16.9 Å². The second kappa shape index (κ2) is 7.89. The number of rotatable bonds is 4. The molecule has 3 aromatic carbocycles. The third kappa shape index (κ3) is 3.07. The molecule has 0 spiro atoms. The molecular formula is C25H21BrFNO6. The van der Waals surface area contributed by atoms with E-state index in [1.165, 1.54) is 31.4 Å². The molecule has 0 saturated heterocycles. The van der Waals surface area contributed by atoms with Crippen molar-refractivity contribution in [3.63, 3.8) is 0 Å². The minimum absolute atomic E-state index is 0.0499. The number of ether oxygens (including phenoxy) is 2. The van der Waals surface area contributed by atoms with Gasteiger partial charge in [-0.2, -0.15) is 0 Å². The molecule has 1 fully saturated rings. The summed E-state index contributed by atoms with van der Waals surface area (Å²) in [6, 6.07) is 14.8. The van der Waals surface area contributed by atoms with E-state index in [0.717, 1.165) is 4.47 Å². The number of phenolic OH excluding ortho intramolecular Hbond substituents is 1. The molecule has 2 aliphatic rings. The summed E-state index contributed by atoms with van der Waals surface area (Å²) in [5.41, 5.74) is -2.50. The predicted octanol–water partition coefficient (Wildman–Crippen LogP) is 4.60. The summed E-state index contributed by atoms with van der Waals surface area (Å²) in [6.45, 7) is 0. The molecule has 1 amide bonds. The fraction of sp³-hybridized carbons (Fsp3) is 0.240. The predicted molar refractivity (Wildman–Crippen MR) is 124 cm³/mol. The molecular weight excluding hydrogens is 509 g/mol. The first-order valence-electron chi connectivity index (χ1n) is 10.5. The van der Waals surface area contributed by atoms with Gasteiger partial charge in [-0.25, -0.2) is 9.18 Å².